The highest BCUT2D eigenvalue weighted by Gasteiger charge is 2.32. The number of anilines is 2. The zero-order valence-corrected chi connectivity index (χ0v) is 18.4. The summed E-state index contributed by atoms with van der Waals surface area (Å²) in [5.41, 5.74) is 0.357. The van der Waals surface area contributed by atoms with E-state index in [0.717, 1.165) is 12.1 Å². The van der Waals surface area contributed by atoms with Gasteiger partial charge in [0.15, 0.2) is 0 Å². The molecule has 1 atom stereocenters. The molecule has 1 aliphatic rings. The lowest BCUT2D eigenvalue weighted by Gasteiger charge is -2.31. The standard InChI is InChI=1S/C23H26F3N3O4/c1-15(30)27-19(16-3-6-18(32-2)7-4-16)14-22(31)28-20-13-17(23(24,25)26)5-8-21(20)29-9-11-33-12-10-29/h3-8,13,19H,9-12,14H2,1-2H3,(H,27,30)(H,28,31). The van der Waals surface area contributed by atoms with Crippen LogP contribution in [0.4, 0.5) is 24.5 Å². The van der Waals surface area contributed by atoms with E-state index in [1.807, 2.05) is 4.90 Å². The molecular weight excluding hydrogens is 439 g/mol. The molecule has 1 unspecified atom stereocenters. The van der Waals surface area contributed by atoms with Gasteiger partial charge >= 0.3 is 6.18 Å². The van der Waals surface area contributed by atoms with E-state index < -0.39 is 23.7 Å². The highest BCUT2D eigenvalue weighted by molar-refractivity contribution is 5.95. The number of amides is 2. The number of nitrogens with zero attached hydrogens (tertiary/aromatic N) is 1. The molecule has 10 heteroatoms. The van der Waals surface area contributed by atoms with Crippen molar-refractivity contribution >= 4 is 23.2 Å². The minimum Gasteiger partial charge on any atom is -0.497 e. The lowest BCUT2D eigenvalue weighted by molar-refractivity contribution is -0.137. The van der Waals surface area contributed by atoms with Crippen LogP contribution in [-0.4, -0.2) is 45.2 Å². The molecule has 1 aliphatic heterocycles. The minimum absolute atomic E-state index is 0.0630. The van der Waals surface area contributed by atoms with Crippen LogP contribution >= 0.6 is 0 Å². The number of nitrogens with one attached hydrogen (secondary N) is 2. The highest BCUT2D eigenvalue weighted by atomic mass is 19.4. The smallest absolute Gasteiger partial charge is 0.416 e. The van der Waals surface area contributed by atoms with E-state index in [0.29, 0.717) is 43.3 Å². The van der Waals surface area contributed by atoms with Gasteiger partial charge in [0.1, 0.15) is 5.75 Å². The van der Waals surface area contributed by atoms with E-state index in [1.165, 1.54) is 20.1 Å². The van der Waals surface area contributed by atoms with Crippen LogP contribution in [0.25, 0.3) is 0 Å². The maximum Gasteiger partial charge on any atom is 0.416 e. The molecule has 178 valence electrons. The fourth-order valence-electron chi connectivity index (χ4n) is 3.61. The van der Waals surface area contributed by atoms with Gasteiger partial charge in [0.05, 0.1) is 49.7 Å². The van der Waals surface area contributed by atoms with E-state index in [4.69, 9.17) is 9.47 Å². The summed E-state index contributed by atoms with van der Waals surface area (Å²) in [6.07, 6.45) is -4.71. The van der Waals surface area contributed by atoms with Gasteiger partial charge in [-0.1, -0.05) is 12.1 Å². The molecule has 0 bridgehead atoms. The number of benzene rings is 2. The van der Waals surface area contributed by atoms with Crippen LogP contribution in [0.2, 0.25) is 0 Å². The molecule has 1 saturated heterocycles. The molecule has 0 spiro atoms. The molecule has 33 heavy (non-hydrogen) atoms. The topological polar surface area (TPSA) is 79.9 Å². The maximum absolute atomic E-state index is 13.3. The van der Waals surface area contributed by atoms with Gasteiger partial charge in [-0.25, -0.2) is 0 Å². The number of alkyl halides is 3. The Hall–Kier alpha value is -3.27. The molecule has 2 aromatic carbocycles. The van der Waals surface area contributed by atoms with Gasteiger partial charge in [-0.2, -0.15) is 13.2 Å². The van der Waals surface area contributed by atoms with Gasteiger partial charge in [0, 0.05) is 20.0 Å². The molecule has 1 fully saturated rings. The van der Waals surface area contributed by atoms with Gasteiger partial charge in [0.25, 0.3) is 0 Å². The van der Waals surface area contributed by atoms with Crippen molar-refractivity contribution < 1.29 is 32.2 Å². The van der Waals surface area contributed by atoms with E-state index >= 15 is 0 Å². The Kier molecular flexibility index (Phi) is 7.80. The molecule has 1 heterocycles. The van der Waals surface area contributed by atoms with Crippen molar-refractivity contribution in [2.24, 2.45) is 0 Å². The van der Waals surface area contributed by atoms with Gasteiger partial charge in [-0.3, -0.25) is 9.59 Å². The summed E-state index contributed by atoms with van der Waals surface area (Å²) in [7, 11) is 1.52. The summed E-state index contributed by atoms with van der Waals surface area (Å²) < 4.78 is 50.4. The van der Waals surface area contributed by atoms with Gasteiger partial charge in [-0.05, 0) is 35.9 Å². The number of morpholine rings is 1. The summed E-state index contributed by atoms with van der Waals surface area (Å²) in [5.74, 6) is -0.251. The number of hydrogen-bond acceptors (Lipinski definition) is 5. The predicted octanol–water partition coefficient (Wildman–Crippen LogP) is 3.76. The van der Waals surface area contributed by atoms with Gasteiger partial charge in [-0.15, -0.1) is 0 Å². The molecule has 2 N–H and O–H groups in total. The fraction of sp³-hybridized carbons (Fsp3) is 0.391. The normalized spacial score (nSPS) is 15.0. The monoisotopic (exact) mass is 465 g/mol. The molecular formula is C23H26F3N3O4. The van der Waals surface area contributed by atoms with E-state index in [1.54, 1.807) is 24.3 Å². The van der Waals surface area contributed by atoms with Crippen molar-refractivity contribution in [1.29, 1.82) is 0 Å². The average molecular weight is 465 g/mol. The summed E-state index contributed by atoms with van der Waals surface area (Å²) in [4.78, 5) is 26.4. The minimum atomic E-state index is -4.55. The molecule has 2 aromatic rings. The van der Waals surface area contributed by atoms with Crippen molar-refractivity contribution in [1.82, 2.24) is 5.32 Å². The van der Waals surface area contributed by atoms with Crippen molar-refractivity contribution in [2.75, 3.05) is 43.6 Å². The van der Waals surface area contributed by atoms with Gasteiger partial charge < -0.3 is 25.0 Å². The Morgan fingerprint density at radius 1 is 1.12 bits per heavy atom. The largest absolute Gasteiger partial charge is 0.497 e. The van der Waals surface area contributed by atoms with E-state index in [9.17, 15) is 22.8 Å². The summed E-state index contributed by atoms with van der Waals surface area (Å²) in [6, 6.07) is 9.47. The SMILES string of the molecule is COc1ccc(C(CC(=O)Nc2cc(C(F)(F)F)ccc2N2CCOCC2)NC(C)=O)cc1. The first kappa shape index (κ1) is 24.4. The van der Waals surface area contributed by atoms with Crippen molar-refractivity contribution in [3.8, 4) is 5.75 Å². The molecule has 7 nitrogen and oxygen atoms in total. The Balaban J connectivity index is 1.84. The number of halogens is 3. The molecule has 0 aliphatic carbocycles. The second-order valence-corrected chi connectivity index (χ2v) is 7.61. The van der Waals surface area contributed by atoms with E-state index in [2.05, 4.69) is 10.6 Å². The number of rotatable bonds is 7. The van der Waals surface area contributed by atoms with Crippen molar-refractivity contribution in [3.63, 3.8) is 0 Å². The van der Waals surface area contributed by atoms with Crippen LogP contribution in [0.15, 0.2) is 42.5 Å². The third-order valence-corrected chi connectivity index (χ3v) is 5.23. The van der Waals surface area contributed by atoms with E-state index in [-0.39, 0.29) is 18.0 Å². The lowest BCUT2D eigenvalue weighted by atomic mass is 10.0. The van der Waals surface area contributed by atoms with Crippen LogP contribution in [0.5, 0.6) is 5.75 Å². The average Bonchev–Trinajstić information content (AvgIpc) is 2.78. The third kappa shape index (κ3) is 6.61. The lowest BCUT2D eigenvalue weighted by Crippen LogP contribution is -2.37. The zero-order valence-electron chi connectivity index (χ0n) is 18.4. The quantitative estimate of drug-likeness (QED) is 0.651. The number of methoxy groups -OCH3 is 1. The number of ether oxygens (including phenoxy) is 2. The Morgan fingerprint density at radius 2 is 1.79 bits per heavy atom. The Labute approximate surface area is 189 Å². The number of carbonyl (C=O) groups is 2. The summed E-state index contributed by atoms with van der Waals surface area (Å²) in [5, 5.41) is 5.34. The first-order valence-corrected chi connectivity index (χ1v) is 10.4. The Morgan fingerprint density at radius 3 is 2.36 bits per heavy atom. The number of hydrogen-bond donors (Lipinski definition) is 2. The van der Waals surface area contributed by atoms with Crippen LogP contribution in [-0.2, 0) is 20.5 Å². The number of carbonyl (C=O) groups excluding carboxylic acids is 2. The van der Waals surface area contributed by atoms with Crippen LogP contribution in [0.3, 0.4) is 0 Å². The molecule has 0 radical (unpaired) electrons. The summed E-state index contributed by atoms with van der Waals surface area (Å²) >= 11 is 0. The molecule has 0 saturated carbocycles. The van der Waals surface area contributed by atoms with Gasteiger partial charge in [0.2, 0.25) is 11.8 Å². The van der Waals surface area contributed by atoms with Crippen molar-refractivity contribution in [2.45, 2.75) is 25.6 Å². The molecule has 0 aromatic heterocycles. The maximum atomic E-state index is 13.3. The fourth-order valence-corrected chi connectivity index (χ4v) is 3.61. The van der Waals surface area contributed by atoms with Crippen LogP contribution < -0.4 is 20.3 Å². The second-order valence-electron chi connectivity index (χ2n) is 7.61. The van der Waals surface area contributed by atoms with Crippen LogP contribution in [0, 0.1) is 0 Å². The van der Waals surface area contributed by atoms with Crippen molar-refractivity contribution in [3.05, 3.63) is 53.6 Å². The van der Waals surface area contributed by atoms with Crippen LogP contribution in [0.1, 0.15) is 30.5 Å². The predicted molar refractivity (Wildman–Crippen MR) is 117 cm³/mol. The zero-order chi connectivity index (χ0) is 24.0. The molecule has 2 amide bonds. The summed E-state index contributed by atoms with van der Waals surface area (Å²) in [6.45, 7) is 3.20. The molecule has 3 rings (SSSR count). The first-order chi connectivity index (χ1) is 15.7. The third-order valence-electron chi connectivity index (χ3n) is 5.23. The highest BCUT2D eigenvalue weighted by Crippen LogP contribution is 2.36. The first-order valence-electron chi connectivity index (χ1n) is 10.4. The second kappa shape index (κ2) is 10.6. The Bertz CT molecular complexity index is 974.